The van der Waals surface area contributed by atoms with E-state index in [1.807, 2.05) is 34.7 Å². The topological polar surface area (TPSA) is 56.5 Å². The van der Waals surface area contributed by atoms with Gasteiger partial charge in [0.15, 0.2) is 10.9 Å². The van der Waals surface area contributed by atoms with Crippen molar-refractivity contribution in [3.05, 3.63) is 53.6 Å². The molecule has 2 aromatic heterocycles. The van der Waals surface area contributed by atoms with Crippen LogP contribution in [0.2, 0.25) is 0 Å². The largest absolute Gasteiger partial charge is 0.493 e. The smallest absolute Gasteiger partial charge is 0.217 e. The number of hydrogen-bond donors (Lipinski definition) is 0. The molecule has 3 heterocycles. The number of ketones is 1. The van der Waals surface area contributed by atoms with Crippen LogP contribution in [-0.2, 0) is 6.42 Å². The van der Waals surface area contributed by atoms with Crippen molar-refractivity contribution in [3.8, 4) is 5.75 Å². The molecule has 0 aliphatic carbocycles. The standard InChI is InChI=1S/C18H13N3O2S2/c22-14(11-5-6-15-12(9-11)7-8-23-15)10-24-17-19-20-18-21(17)13-3-1-2-4-16(13)25-18/h1-6,9H,7-8,10H2. The SMILES string of the molecule is O=C(CSc1nnc2sc3ccccc3n12)c1ccc2c(c1)CCO2. The fourth-order valence-corrected chi connectivity index (χ4v) is 4.88. The zero-order valence-electron chi connectivity index (χ0n) is 13.1. The molecule has 0 fully saturated rings. The maximum atomic E-state index is 12.6. The van der Waals surface area contributed by atoms with Crippen LogP contribution in [0.4, 0.5) is 0 Å². The first-order valence-electron chi connectivity index (χ1n) is 7.94. The number of aromatic nitrogens is 3. The van der Waals surface area contributed by atoms with E-state index in [0.29, 0.717) is 12.4 Å². The van der Waals surface area contributed by atoms with Crippen molar-refractivity contribution in [1.82, 2.24) is 14.6 Å². The molecule has 0 bridgehead atoms. The van der Waals surface area contributed by atoms with Crippen LogP contribution in [0.1, 0.15) is 15.9 Å². The molecule has 124 valence electrons. The van der Waals surface area contributed by atoms with Crippen molar-refractivity contribution in [1.29, 1.82) is 0 Å². The number of nitrogens with zero attached hydrogens (tertiary/aromatic N) is 3. The Bertz CT molecular complexity index is 1120. The number of ether oxygens (including phenoxy) is 1. The predicted molar refractivity (Wildman–Crippen MR) is 99.1 cm³/mol. The average molecular weight is 367 g/mol. The van der Waals surface area contributed by atoms with Crippen molar-refractivity contribution in [2.75, 3.05) is 12.4 Å². The van der Waals surface area contributed by atoms with E-state index in [2.05, 4.69) is 22.3 Å². The highest BCUT2D eigenvalue weighted by atomic mass is 32.2. The summed E-state index contributed by atoms with van der Waals surface area (Å²) in [5.74, 6) is 1.33. The highest BCUT2D eigenvalue weighted by molar-refractivity contribution is 7.99. The molecule has 2 aromatic carbocycles. The van der Waals surface area contributed by atoms with E-state index in [0.717, 1.165) is 38.9 Å². The summed E-state index contributed by atoms with van der Waals surface area (Å²) in [6, 6.07) is 13.8. The number of hydrogen-bond acceptors (Lipinski definition) is 6. The summed E-state index contributed by atoms with van der Waals surface area (Å²) in [5.41, 5.74) is 2.93. The van der Waals surface area contributed by atoms with Crippen molar-refractivity contribution in [2.45, 2.75) is 11.6 Å². The maximum absolute atomic E-state index is 12.6. The number of fused-ring (bicyclic) bond motifs is 4. The fourth-order valence-electron chi connectivity index (χ4n) is 3.02. The molecule has 0 atom stereocenters. The van der Waals surface area contributed by atoms with Gasteiger partial charge in [-0.3, -0.25) is 9.20 Å². The summed E-state index contributed by atoms with van der Waals surface area (Å²) in [6.45, 7) is 0.699. The van der Waals surface area contributed by atoms with Crippen LogP contribution in [0.25, 0.3) is 15.2 Å². The summed E-state index contributed by atoms with van der Waals surface area (Å²) < 4.78 is 8.68. The van der Waals surface area contributed by atoms with Gasteiger partial charge in [0.25, 0.3) is 0 Å². The normalized spacial score (nSPS) is 13.3. The lowest BCUT2D eigenvalue weighted by Crippen LogP contribution is -2.03. The van der Waals surface area contributed by atoms with Crippen LogP contribution in [0.15, 0.2) is 47.6 Å². The molecule has 7 heteroatoms. The van der Waals surface area contributed by atoms with E-state index >= 15 is 0 Å². The van der Waals surface area contributed by atoms with Gasteiger partial charge in [-0.05, 0) is 35.9 Å². The monoisotopic (exact) mass is 367 g/mol. The fraction of sp³-hybridized carbons (Fsp3) is 0.167. The Kier molecular flexibility index (Phi) is 3.50. The Morgan fingerprint density at radius 1 is 1.24 bits per heavy atom. The van der Waals surface area contributed by atoms with E-state index < -0.39 is 0 Å². The van der Waals surface area contributed by atoms with Gasteiger partial charge in [-0.25, -0.2) is 0 Å². The third-order valence-corrected chi connectivity index (χ3v) is 6.20. The highest BCUT2D eigenvalue weighted by Gasteiger charge is 2.17. The molecule has 1 aliphatic rings. The van der Waals surface area contributed by atoms with Crippen LogP contribution in [0.3, 0.4) is 0 Å². The zero-order chi connectivity index (χ0) is 16.8. The molecule has 0 saturated heterocycles. The molecule has 0 radical (unpaired) electrons. The van der Waals surface area contributed by atoms with Gasteiger partial charge >= 0.3 is 0 Å². The number of carbonyl (C=O) groups is 1. The summed E-state index contributed by atoms with van der Waals surface area (Å²) in [7, 11) is 0. The lowest BCUT2D eigenvalue weighted by molar-refractivity contribution is 0.102. The minimum atomic E-state index is 0.0935. The van der Waals surface area contributed by atoms with Gasteiger partial charge in [0.05, 0.1) is 22.6 Å². The first-order chi connectivity index (χ1) is 12.3. The second-order valence-electron chi connectivity index (χ2n) is 5.80. The zero-order valence-corrected chi connectivity index (χ0v) is 14.8. The predicted octanol–water partition coefficient (Wildman–Crippen LogP) is 3.85. The molecule has 4 aromatic rings. The third kappa shape index (κ3) is 2.51. The van der Waals surface area contributed by atoms with Crippen LogP contribution in [-0.4, -0.2) is 32.7 Å². The Labute approximate surface area is 151 Å². The van der Waals surface area contributed by atoms with Crippen LogP contribution < -0.4 is 4.74 Å². The molecule has 0 spiro atoms. The minimum absolute atomic E-state index is 0.0935. The van der Waals surface area contributed by atoms with E-state index in [4.69, 9.17) is 4.74 Å². The Balaban J connectivity index is 1.41. The van der Waals surface area contributed by atoms with Gasteiger partial charge in [0, 0.05) is 12.0 Å². The summed E-state index contributed by atoms with van der Waals surface area (Å²) in [6.07, 6.45) is 0.870. The highest BCUT2D eigenvalue weighted by Crippen LogP contribution is 2.30. The van der Waals surface area contributed by atoms with E-state index in [9.17, 15) is 4.79 Å². The summed E-state index contributed by atoms with van der Waals surface area (Å²) in [5, 5.41) is 9.23. The average Bonchev–Trinajstić information content (AvgIpc) is 3.33. The molecule has 0 N–H and O–H groups in total. The molecular weight excluding hydrogens is 354 g/mol. The van der Waals surface area contributed by atoms with E-state index in [1.165, 1.54) is 16.5 Å². The van der Waals surface area contributed by atoms with Crippen molar-refractivity contribution < 1.29 is 9.53 Å². The molecule has 5 rings (SSSR count). The Morgan fingerprint density at radius 3 is 3.12 bits per heavy atom. The van der Waals surface area contributed by atoms with Crippen LogP contribution in [0.5, 0.6) is 5.75 Å². The number of para-hydroxylation sites is 1. The second-order valence-corrected chi connectivity index (χ2v) is 7.75. The van der Waals surface area contributed by atoms with E-state index in [-0.39, 0.29) is 5.78 Å². The summed E-state index contributed by atoms with van der Waals surface area (Å²) in [4.78, 5) is 13.4. The number of thioether (sulfide) groups is 1. The molecule has 1 aliphatic heterocycles. The number of thiazole rings is 1. The number of rotatable bonds is 4. The maximum Gasteiger partial charge on any atom is 0.217 e. The van der Waals surface area contributed by atoms with Gasteiger partial charge in [0.2, 0.25) is 4.96 Å². The van der Waals surface area contributed by atoms with Gasteiger partial charge < -0.3 is 4.74 Å². The number of benzene rings is 2. The molecule has 25 heavy (non-hydrogen) atoms. The first-order valence-corrected chi connectivity index (χ1v) is 9.74. The second kappa shape index (κ2) is 5.86. The number of carbonyl (C=O) groups excluding carboxylic acids is 1. The van der Waals surface area contributed by atoms with Crippen LogP contribution in [0, 0.1) is 0 Å². The van der Waals surface area contributed by atoms with Crippen molar-refractivity contribution in [3.63, 3.8) is 0 Å². The molecule has 0 amide bonds. The molecule has 5 nitrogen and oxygen atoms in total. The quantitative estimate of drug-likeness (QED) is 0.405. The van der Waals surface area contributed by atoms with E-state index in [1.54, 1.807) is 11.3 Å². The van der Waals surface area contributed by atoms with Gasteiger partial charge in [-0.1, -0.05) is 35.2 Å². The number of Topliss-reactive ketones (excluding diaryl/α,β-unsaturated/α-hetero) is 1. The van der Waals surface area contributed by atoms with Crippen LogP contribution >= 0.6 is 23.1 Å². The van der Waals surface area contributed by atoms with Crippen molar-refractivity contribution >= 4 is 44.1 Å². The van der Waals surface area contributed by atoms with Crippen molar-refractivity contribution in [2.24, 2.45) is 0 Å². The van der Waals surface area contributed by atoms with Gasteiger partial charge in [0.1, 0.15) is 5.75 Å². The molecular formula is C18H13N3O2S2. The molecule has 0 unspecified atom stereocenters. The molecule has 0 saturated carbocycles. The van der Waals surface area contributed by atoms with Gasteiger partial charge in [-0.2, -0.15) is 0 Å². The lowest BCUT2D eigenvalue weighted by atomic mass is 10.1. The Hall–Kier alpha value is -2.38. The first kappa shape index (κ1) is 14.9. The lowest BCUT2D eigenvalue weighted by Gasteiger charge is -2.03. The minimum Gasteiger partial charge on any atom is -0.493 e. The Morgan fingerprint density at radius 2 is 2.16 bits per heavy atom. The van der Waals surface area contributed by atoms with Gasteiger partial charge in [-0.15, -0.1) is 10.2 Å². The summed E-state index contributed by atoms with van der Waals surface area (Å²) >= 11 is 3.03. The third-order valence-electron chi connectivity index (χ3n) is 4.25.